The minimum atomic E-state index is 0.585. The maximum atomic E-state index is 9.80. The Morgan fingerprint density at radius 1 is 0.225 bits per heavy atom. The second-order valence-electron chi connectivity index (χ2n) is 36.5. The molecule has 0 bridgehead atoms. The SMILES string of the molecule is N#Cc1cccc(-c2nc3ccccc3nc2-n2c3ccccc3c3c4c5cc6ccccc6cc5n5c6ccccc6c(cc32)c45)c1.c1ccc2cc3c(cc2c1)c1c2c4ccccc4n(-c4ccc5ccc6cccnc6c5n4)c2cc2c4ccccc4n3c21.c1cncc(-c2nc(-n3c4ccccc4c4c5c6cc7ccccc7cc6n6c7ccccc7c(cc43)c56)nc3ccccc23)c1. The minimum Gasteiger partial charge on any atom is -0.308 e. The van der Waals surface area contributed by atoms with E-state index in [4.69, 9.17) is 29.9 Å². The van der Waals surface area contributed by atoms with E-state index >= 15 is 0 Å². The van der Waals surface area contributed by atoms with Gasteiger partial charge in [0.05, 0.1) is 128 Å². The quantitative estimate of drug-likeness (QED) is 0.155. The van der Waals surface area contributed by atoms with Crippen LogP contribution in [0.2, 0.25) is 0 Å². The molecule has 19 aromatic carbocycles. The van der Waals surface area contributed by atoms with Gasteiger partial charge in [0.2, 0.25) is 5.95 Å². The fourth-order valence-corrected chi connectivity index (χ4v) is 23.6. The van der Waals surface area contributed by atoms with Gasteiger partial charge >= 0.3 is 0 Å². The highest BCUT2D eigenvalue weighted by Gasteiger charge is 2.32. The molecule has 0 radical (unpaired) electrons. The van der Waals surface area contributed by atoms with Crippen molar-refractivity contribution in [1.29, 1.82) is 5.26 Å². The summed E-state index contributed by atoms with van der Waals surface area (Å²) in [6.07, 6.45) is 5.53. The Morgan fingerprint density at radius 2 is 0.630 bits per heavy atom. The van der Waals surface area contributed by atoms with Crippen LogP contribution in [0.5, 0.6) is 0 Å². The van der Waals surface area contributed by atoms with E-state index < -0.39 is 0 Å². The number of nitriles is 1. The molecule has 14 nitrogen and oxygen atoms in total. The van der Waals surface area contributed by atoms with Gasteiger partial charge in [-0.05, 0) is 184 Å². The Hall–Kier alpha value is -19.1. The standard InChI is InChI=1S/C43H23N5.C41H23N5.C40H22N4/c44-24-25-10-9-13-28(20-25)41-43(46-34-17-6-5-16-33(34)45-41)48-36-19-8-4-15-30(36)39-38(48)23-31-29-14-3-7-18-35(29)47-37-22-27-12-2-1-11-26(27)21-32(37)40(39)42(31)47;1-2-11-25-21-35-31(20-24(25)10-1)38-37-29-15-5-8-18-34(29)46(36(37)22-30-27-13-4-7-17-33(27)45(35)40(30)38)41-43-32-16-6-3-14-28(32)39(44-41)26-12-9-19-42-23-26;1-2-9-26-21-33-30(20-25(26)8-1)37-36-28-12-4-6-14-32(28)43(34(36)22-29-27-11-3-5-13-31(27)44(33)40(29)37)35-18-17-24-16-15-23-10-7-19-41-38(23)39(24)42-35/h1-23H;1-23H;1-22H. The molecule has 0 aliphatic carbocycles. The van der Waals surface area contributed by atoms with Gasteiger partial charge < -0.3 is 13.2 Å². The number of hydrogen-bond acceptors (Lipinski definition) is 8. The summed E-state index contributed by atoms with van der Waals surface area (Å²) in [5.41, 5.74) is 26.1. The van der Waals surface area contributed by atoms with Crippen LogP contribution in [0.3, 0.4) is 0 Å². The fraction of sp³-hybridized carbons (Fsp3) is 0. The van der Waals surface area contributed by atoms with E-state index in [1.165, 1.54) is 174 Å². The molecule has 0 aliphatic heterocycles. The number of rotatable bonds is 5. The third kappa shape index (κ3) is 10.3. The van der Waals surface area contributed by atoms with Crippen LogP contribution in [-0.2, 0) is 0 Å². The van der Waals surface area contributed by atoms with Crippen molar-refractivity contribution in [2.45, 2.75) is 0 Å². The number of aromatic nitrogens is 13. The highest BCUT2D eigenvalue weighted by molar-refractivity contribution is 6.40. The lowest BCUT2D eigenvalue weighted by molar-refractivity contribution is 1.01. The molecule has 634 valence electrons. The predicted molar refractivity (Wildman–Crippen MR) is 569 cm³/mol. The van der Waals surface area contributed by atoms with Crippen LogP contribution >= 0.6 is 0 Å². The predicted octanol–water partition coefficient (Wildman–Crippen LogP) is 30.8. The second-order valence-corrected chi connectivity index (χ2v) is 36.5. The van der Waals surface area contributed by atoms with Gasteiger partial charge in [-0.25, -0.2) is 24.9 Å². The van der Waals surface area contributed by atoms with Gasteiger partial charge in [-0.1, -0.05) is 243 Å². The summed E-state index contributed by atoms with van der Waals surface area (Å²) in [6.45, 7) is 0. The molecule has 0 aliphatic rings. The molecule has 0 amide bonds. The van der Waals surface area contributed by atoms with E-state index in [9.17, 15) is 5.26 Å². The van der Waals surface area contributed by atoms with Crippen molar-refractivity contribution in [3.63, 3.8) is 0 Å². The van der Waals surface area contributed by atoms with Crippen molar-refractivity contribution in [3.05, 3.63) is 418 Å². The summed E-state index contributed by atoms with van der Waals surface area (Å²) < 4.78 is 14.3. The lowest BCUT2D eigenvalue weighted by Gasteiger charge is -2.14. The lowest BCUT2D eigenvalue weighted by Crippen LogP contribution is -2.03. The van der Waals surface area contributed by atoms with Crippen LogP contribution in [0.4, 0.5) is 0 Å². The molecule has 0 atom stereocenters. The summed E-state index contributed by atoms with van der Waals surface area (Å²) in [7, 11) is 0. The maximum absolute atomic E-state index is 9.80. The molecule has 0 spiro atoms. The van der Waals surface area contributed by atoms with Gasteiger partial charge in [0.1, 0.15) is 11.5 Å². The number of nitrogens with zero attached hydrogens (tertiary/aromatic N) is 14. The van der Waals surface area contributed by atoms with Crippen LogP contribution in [0.1, 0.15) is 5.56 Å². The number of para-hydroxylation sites is 9. The van der Waals surface area contributed by atoms with Crippen LogP contribution in [0, 0.1) is 11.3 Å². The minimum absolute atomic E-state index is 0.585. The van der Waals surface area contributed by atoms with Crippen LogP contribution in [0.25, 0.3) is 296 Å². The molecule has 0 fully saturated rings. The summed E-state index contributed by atoms with van der Waals surface area (Å²) in [5.74, 6) is 2.28. The Balaban J connectivity index is 0.0000000959. The first-order valence-electron chi connectivity index (χ1n) is 46.6. The molecule has 0 saturated heterocycles. The largest absolute Gasteiger partial charge is 0.308 e. The summed E-state index contributed by atoms with van der Waals surface area (Å²) in [5, 5.41) is 42.7. The topological polar surface area (TPSA) is 142 Å². The van der Waals surface area contributed by atoms with Gasteiger partial charge in [0.25, 0.3) is 0 Å². The van der Waals surface area contributed by atoms with Gasteiger partial charge in [0, 0.05) is 143 Å². The Bertz CT molecular complexity index is 11200. The third-order valence-electron chi connectivity index (χ3n) is 29.3. The summed E-state index contributed by atoms with van der Waals surface area (Å²) in [6, 6.07) is 143. The first kappa shape index (κ1) is 74.5. The second kappa shape index (κ2) is 28.0. The molecule has 0 N–H and O–H groups in total. The number of hydrogen-bond donors (Lipinski definition) is 0. The van der Waals surface area contributed by atoms with Gasteiger partial charge in [-0.15, -0.1) is 0 Å². The zero-order chi connectivity index (χ0) is 90.0. The molecule has 0 unspecified atom stereocenters. The first-order chi connectivity index (χ1) is 68.4. The highest BCUT2D eigenvalue weighted by atomic mass is 15.2. The third-order valence-corrected chi connectivity index (χ3v) is 29.3. The van der Waals surface area contributed by atoms with Gasteiger partial charge in [-0.2, -0.15) is 5.26 Å². The zero-order valence-corrected chi connectivity index (χ0v) is 73.5. The number of benzene rings is 19. The molecular formula is C124H68N14. The van der Waals surface area contributed by atoms with Crippen LogP contribution in [0.15, 0.2) is 413 Å². The van der Waals surface area contributed by atoms with Crippen LogP contribution in [-0.4, -0.2) is 61.8 Å². The van der Waals surface area contributed by atoms with Crippen molar-refractivity contribution in [1.82, 2.24) is 61.8 Å². The van der Waals surface area contributed by atoms with Crippen molar-refractivity contribution in [2.75, 3.05) is 0 Å². The average Bonchev–Trinajstić information content (AvgIpc) is 1.52. The van der Waals surface area contributed by atoms with E-state index in [0.717, 1.165) is 116 Å². The van der Waals surface area contributed by atoms with E-state index in [0.29, 0.717) is 11.5 Å². The molecule has 138 heavy (non-hydrogen) atoms. The number of fused-ring (bicyclic) bond motifs is 38. The summed E-state index contributed by atoms with van der Waals surface area (Å²) >= 11 is 0. The zero-order valence-electron chi connectivity index (χ0n) is 73.5. The first-order valence-corrected chi connectivity index (χ1v) is 46.6. The smallest absolute Gasteiger partial charge is 0.235 e. The van der Waals surface area contributed by atoms with Crippen molar-refractivity contribution >= 4 is 256 Å². The molecule has 33 rings (SSSR count). The molecule has 33 aromatic rings. The summed E-state index contributed by atoms with van der Waals surface area (Å²) in [4.78, 5) is 35.6. The molecule has 0 saturated carbocycles. The Morgan fingerprint density at radius 3 is 1.14 bits per heavy atom. The highest BCUT2D eigenvalue weighted by Crippen LogP contribution is 2.53. The average molecular weight is 1750 g/mol. The normalized spacial score (nSPS) is 12.3. The van der Waals surface area contributed by atoms with Crippen molar-refractivity contribution in [2.24, 2.45) is 0 Å². The molecular weight excluding hydrogens is 1690 g/mol. The molecule has 14 heterocycles. The molecule has 14 aromatic heterocycles. The Kier molecular flexibility index (Phi) is 15.1. The van der Waals surface area contributed by atoms with Gasteiger partial charge in [0.15, 0.2) is 5.82 Å². The van der Waals surface area contributed by atoms with E-state index in [1.807, 2.05) is 85.2 Å². The van der Waals surface area contributed by atoms with Gasteiger partial charge in [-0.3, -0.25) is 23.7 Å². The lowest BCUT2D eigenvalue weighted by atomic mass is 10.0. The fourth-order valence-electron chi connectivity index (χ4n) is 23.6. The monoisotopic (exact) mass is 1750 g/mol. The van der Waals surface area contributed by atoms with E-state index in [2.05, 4.69) is 359 Å². The van der Waals surface area contributed by atoms with E-state index in [1.54, 1.807) is 6.20 Å². The molecule has 14 heteroatoms. The maximum Gasteiger partial charge on any atom is 0.235 e. The number of pyridine rings is 3. The van der Waals surface area contributed by atoms with Crippen LogP contribution < -0.4 is 0 Å². The van der Waals surface area contributed by atoms with E-state index in [-0.39, 0.29) is 0 Å². The Labute approximate surface area is 782 Å². The van der Waals surface area contributed by atoms with Crippen molar-refractivity contribution in [3.8, 4) is 46.2 Å². The van der Waals surface area contributed by atoms with Crippen molar-refractivity contribution < 1.29 is 0 Å².